The third-order valence-corrected chi connectivity index (χ3v) is 6.72. The molecule has 0 aliphatic carbocycles. The van der Waals surface area contributed by atoms with Crippen molar-refractivity contribution in [2.45, 2.75) is 20.8 Å². The normalized spacial score (nSPS) is 11.0. The second-order valence-electron chi connectivity index (χ2n) is 7.49. The van der Waals surface area contributed by atoms with Crippen molar-refractivity contribution in [1.29, 1.82) is 0 Å². The molecule has 2 aromatic heterocycles. The summed E-state index contributed by atoms with van der Waals surface area (Å²) >= 11 is 13.3. The summed E-state index contributed by atoms with van der Waals surface area (Å²) < 4.78 is 6.32. The molecule has 0 saturated carbocycles. The smallest absolute Gasteiger partial charge is 0.359 e. The number of nitrogens with zero attached hydrogens (tertiary/aromatic N) is 2. The molecule has 0 fully saturated rings. The van der Waals surface area contributed by atoms with E-state index >= 15 is 0 Å². The highest BCUT2D eigenvalue weighted by molar-refractivity contribution is 7.16. The number of rotatable bonds is 5. The number of fused-ring (bicyclic) bond motifs is 1. The van der Waals surface area contributed by atoms with Gasteiger partial charge >= 0.3 is 5.97 Å². The highest BCUT2D eigenvalue weighted by Crippen LogP contribution is 2.32. The molecular formula is C24H19Cl2N3O4S. The van der Waals surface area contributed by atoms with Gasteiger partial charge in [-0.1, -0.05) is 29.3 Å². The molecule has 0 spiro atoms. The lowest BCUT2D eigenvalue weighted by molar-refractivity contribution is 0.0520. The van der Waals surface area contributed by atoms with Crippen LogP contribution in [-0.2, 0) is 4.74 Å². The number of ether oxygens (including phenoxy) is 1. The molecular weight excluding hydrogens is 497 g/mol. The molecule has 4 rings (SSSR count). The van der Waals surface area contributed by atoms with Gasteiger partial charge < -0.3 is 10.1 Å². The van der Waals surface area contributed by atoms with E-state index in [1.165, 1.54) is 12.1 Å². The molecule has 0 aliphatic heterocycles. The van der Waals surface area contributed by atoms with E-state index in [9.17, 15) is 14.4 Å². The zero-order valence-corrected chi connectivity index (χ0v) is 20.8. The molecule has 0 aliphatic rings. The van der Waals surface area contributed by atoms with Crippen LogP contribution in [0.25, 0.3) is 16.5 Å². The van der Waals surface area contributed by atoms with Gasteiger partial charge in [-0.25, -0.2) is 4.79 Å². The van der Waals surface area contributed by atoms with Crippen molar-refractivity contribution >= 4 is 62.2 Å². The third kappa shape index (κ3) is 4.44. The number of benzene rings is 2. The van der Waals surface area contributed by atoms with Gasteiger partial charge in [-0.15, -0.1) is 11.3 Å². The maximum absolute atomic E-state index is 13.5. The van der Waals surface area contributed by atoms with Gasteiger partial charge in [0, 0.05) is 15.8 Å². The van der Waals surface area contributed by atoms with Gasteiger partial charge in [0.2, 0.25) is 0 Å². The highest BCUT2D eigenvalue weighted by atomic mass is 35.5. The van der Waals surface area contributed by atoms with Crippen molar-refractivity contribution in [3.63, 3.8) is 0 Å². The van der Waals surface area contributed by atoms with Gasteiger partial charge in [0.1, 0.15) is 5.00 Å². The van der Waals surface area contributed by atoms with Crippen LogP contribution in [0.2, 0.25) is 10.0 Å². The van der Waals surface area contributed by atoms with Crippen molar-refractivity contribution in [2.75, 3.05) is 11.9 Å². The lowest BCUT2D eigenvalue weighted by Crippen LogP contribution is -2.25. The first kappa shape index (κ1) is 23.9. The van der Waals surface area contributed by atoms with Gasteiger partial charge in [-0.05, 0) is 62.2 Å². The Labute approximate surface area is 208 Å². The van der Waals surface area contributed by atoms with Crippen molar-refractivity contribution in [3.8, 4) is 5.69 Å². The van der Waals surface area contributed by atoms with Gasteiger partial charge in [0.05, 0.1) is 28.3 Å². The lowest BCUT2D eigenvalue weighted by Gasteiger charge is -2.11. The maximum Gasteiger partial charge on any atom is 0.359 e. The quantitative estimate of drug-likeness (QED) is 0.339. The second-order valence-corrected chi connectivity index (χ2v) is 9.21. The van der Waals surface area contributed by atoms with Gasteiger partial charge in [0.15, 0.2) is 5.69 Å². The van der Waals surface area contributed by atoms with Crippen LogP contribution in [0.1, 0.15) is 38.9 Å². The molecule has 0 atom stereocenters. The molecule has 2 heterocycles. The fourth-order valence-corrected chi connectivity index (χ4v) is 4.67. The Bertz CT molecular complexity index is 1510. The molecule has 4 aromatic rings. The minimum absolute atomic E-state index is 0.0211. The number of esters is 1. The van der Waals surface area contributed by atoms with Crippen molar-refractivity contribution in [1.82, 2.24) is 9.78 Å². The summed E-state index contributed by atoms with van der Waals surface area (Å²) in [5.41, 5.74) is 2.14. The number of anilines is 1. The minimum atomic E-state index is -0.668. The topological polar surface area (TPSA) is 90.3 Å². The number of thiophene rings is 1. The molecule has 0 saturated heterocycles. The first-order chi connectivity index (χ1) is 16.2. The van der Waals surface area contributed by atoms with Crippen LogP contribution in [-0.4, -0.2) is 28.3 Å². The summed E-state index contributed by atoms with van der Waals surface area (Å²) in [6.07, 6.45) is 0. The summed E-state index contributed by atoms with van der Waals surface area (Å²) in [4.78, 5) is 39.2. The number of carbonyl (C=O) groups excluding carboxylic acids is 2. The number of nitrogens with one attached hydrogen (secondary N) is 1. The van der Waals surface area contributed by atoms with Crippen molar-refractivity contribution in [3.05, 3.63) is 84.6 Å². The molecule has 1 N–H and O–H groups in total. The minimum Gasteiger partial charge on any atom is -0.461 e. The SMILES string of the molecule is CCOC(=O)c1nn(-c2ccc(C)c(C)c2)c(=O)c2c(NC(=O)c3cc(Cl)ccc3Cl)scc12. The molecule has 1 amide bonds. The van der Waals surface area contributed by atoms with Crippen LogP contribution in [0.15, 0.2) is 46.6 Å². The monoisotopic (exact) mass is 515 g/mol. The Balaban J connectivity index is 1.91. The van der Waals surface area contributed by atoms with Gasteiger partial charge in [0.25, 0.3) is 11.5 Å². The van der Waals surface area contributed by atoms with E-state index in [1.54, 1.807) is 30.5 Å². The van der Waals surface area contributed by atoms with Crippen LogP contribution in [0.5, 0.6) is 0 Å². The molecule has 2 aromatic carbocycles. The molecule has 0 bridgehead atoms. The predicted molar refractivity (Wildman–Crippen MR) is 135 cm³/mol. The fourth-order valence-electron chi connectivity index (χ4n) is 3.37. The van der Waals surface area contributed by atoms with Crippen LogP contribution in [0.3, 0.4) is 0 Å². The Kier molecular flexibility index (Phi) is 6.74. The van der Waals surface area contributed by atoms with Crippen LogP contribution >= 0.6 is 34.5 Å². The average Bonchev–Trinajstić information content (AvgIpc) is 3.21. The Morgan fingerprint density at radius 2 is 1.88 bits per heavy atom. The molecule has 7 nitrogen and oxygen atoms in total. The zero-order chi connectivity index (χ0) is 24.6. The summed E-state index contributed by atoms with van der Waals surface area (Å²) in [5, 5.41) is 9.90. The van der Waals surface area contributed by atoms with Gasteiger partial charge in [-0.3, -0.25) is 9.59 Å². The number of carbonyl (C=O) groups is 2. The third-order valence-electron chi connectivity index (χ3n) is 5.26. The zero-order valence-electron chi connectivity index (χ0n) is 18.4. The van der Waals surface area contributed by atoms with E-state index in [2.05, 4.69) is 10.4 Å². The first-order valence-corrected chi connectivity index (χ1v) is 11.9. The highest BCUT2D eigenvalue weighted by Gasteiger charge is 2.24. The molecule has 10 heteroatoms. The Hall–Kier alpha value is -3.20. The van der Waals surface area contributed by atoms with Crippen molar-refractivity contribution < 1.29 is 14.3 Å². The van der Waals surface area contributed by atoms with E-state index in [0.717, 1.165) is 27.1 Å². The van der Waals surface area contributed by atoms with E-state index < -0.39 is 17.4 Å². The van der Waals surface area contributed by atoms with E-state index in [0.29, 0.717) is 16.1 Å². The number of hydrogen-bond donors (Lipinski definition) is 1. The second kappa shape index (κ2) is 9.58. The van der Waals surface area contributed by atoms with Crippen LogP contribution < -0.4 is 10.9 Å². The van der Waals surface area contributed by atoms with Crippen molar-refractivity contribution in [2.24, 2.45) is 0 Å². The van der Waals surface area contributed by atoms with Gasteiger partial charge in [-0.2, -0.15) is 9.78 Å². The van der Waals surface area contributed by atoms with Crippen LogP contribution in [0.4, 0.5) is 5.00 Å². The summed E-state index contributed by atoms with van der Waals surface area (Å²) in [6.45, 7) is 5.70. The summed E-state index contributed by atoms with van der Waals surface area (Å²) in [7, 11) is 0. The number of hydrogen-bond acceptors (Lipinski definition) is 6. The average molecular weight is 516 g/mol. The van der Waals surface area contributed by atoms with E-state index in [4.69, 9.17) is 27.9 Å². The van der Waals surface area contributed by atoms with E-state index in [1.807, 2.05) is 19.9 Å². The molecule has 34 heavy (non-hydrogen) atoms. The van der Waals surface area contributed by atoms with Crippen LogP contribution in [0, 0.1) is 13.8 Å². The maximum atomic E-state index is 13.5. The predicted octanol–water partition coefficient (Wildman–Crippen LogP) is 5.80. The molecule has 174 valence electrons. The summed E-state index contributed by atoms with van der Waals surface area (Å²) in [6, 6.07) is 9.94. The number of aromatic nitrogens is 2. The standard InChI is InChI=1S/C24H19Cl2N3O4S/c1-4-33-24(32)20-17-11-34-22(27-21(30)16-10-14(25)6-8-18(16)26)19(17)23(31)29(28-20)15-7-5-12(2)13(3)9-15/h5-11H,4H2,1-3H3,(H,27,30). The fraction of sp³-hybridized carbons (Fsp3) is 0.167. The molecule has 0 radical (unpaired) electrons. The Morgan fingerprint density at radius 1 is 1.12 bits per heavy atom. The lowest BCUT2D eigenvalue weighted by atomic mass is 10.1. The number of halogens is 2. The number of aryl methyl sites for hydroxylation is 2. The largest absolute Gasteiger partial charge is 0.461 e. The number of amides is 1. The molecule has 0 unspecified atom stereocenters. The first-order valence-electron chi connectivity index (χ1n) is 10.3. The van der Waals surface area contributed by atoms with E-state index in [-0.39, 0.29) is 33.3 Å². The summed E-state index contributed by atoms with van der Waals surface area (Å²) in [5.74, 6) is -1.21. The Morgan fingerprint density at radius 3 is 2.59 bits per heavy atom.